The number of nitrogens with one attached hydrogen (secondary N) is 2. The van der Waals surface area contributed by atoms with Gasteiger partial charge in [0.05, 0.1) is 18.6 Å². The van der Waals surface area contributed by atoms with Gasteiger partial charge in [-0.05, 0) is 61.4 Å². The quantitative estimate of drug-likeness (QED) is 0.498. The Kier molecular flexibility index (Phi) is 6.56. The van der Waals surface area contributed by atoms with Gasteiger partial charge in [-0.25, -0.2) is 22.3 Å². The number of carbonyl (C=O) groups is 2. The fraction of sp³-hybridized carbons (Fsp3) is 0.429. The summed E-state index contributed by atoms with van der Waals surface area (Å²) in [5.41, 5.74) is 1.13. The van der Waals surface area contributed by atoms with Crippen LogP contribution in [0.25, 0.3) is 0 Å². The highest BCUT2D eigenvalue weighted by molar-refractivity contribution is 7.89. The number of halogens is 1. The third-order valence-electron chi connectivity index (χ3n) is 5.41. The summed E-state index contributed by atoms with van der Waals surface area (Å²) >= 11 is 0. The number of benzene rings is 1. The maximum atomic E-state index is 14.0. The van der Waals surface area contributed by atoms with Crippen LogP contribution in [0.15, 0.2) is 30.5 Å². The molecule has 0 spiro atoms. The van der Waals surface area contributed by atoms with Gasteiger partial charge in [-0.1, -0.05) is 6.07 Å². The van der Waals surface area contributed by atoms with Crippen molar-refractivity contribution in [2.75, 3.05) is 23.8 Å². The molecule has 1 aromatic carbocycles. The van der Waals surface area contributed by atoms with Crippen molar-refractivity contribution < 1.29 is 27.1 Å². The average molecular weight is 478 g/mol. The van der Waals surface area contributed by atoms with E-state index >= 15 is 0 Å². The lowest BCUT2D eigenvalue weighted by Gasteiger charge is -2.16. The first kappa shape index (κ1) is 23.1. The Morgan fingerprint density at radius 1 is 1.30 bits per heavy atom. The molecule has 1 aromatic heterocycles. The molecular weight excluding hydrogens is 453 g/mol. The topological polar surface area (TPSA) is 131 Å². The van der Waals surface area contributed by atoms with Crippen molar-refractivity contribution in [3.63, 3.8) is 0 Å². The first-order valence-corrected chi connectivity index (χ1v) is 12.2. The van der Waals surface area contributed by atoms with Crippen molar-refractivity contribution in [1.29, 1.82) is 0 Å². The maximum absolute atomic E-state index is 14.0. The van der Waals surface area contributed by atoms with Crippen LogP contribution in [-0.4, -0.2) is 49.5 Å². The Hall–Kier alpha value is -3.12. The molecule has 0 radical (unpaired) electrons. The van der Waals surface area contributed by atoms with E-state index in [1.807, 2.05) is 0 Å². The van der Waals surface area contributed by atoms with E-state index in [1.54, 1.807) is 6.92 Å². The van der Waals surface area contributed by atoms with E-state index in [2.05, 4.69) is 20.2 Å². The molecule has 0 bridgehead atoms. The van der Waals surface area contributed by atoms with E-state index in [1.165, 1.54) is 30.5 Å². The van der Waals surface area contributed by atoms with E-state index < -0.39 is 33.8 Å². The van der Waals surface area contributed by atoms with Gasteiger partial charge in [-0.2, -0.15) is 5.10 Å². The number of aryl methyl sites for hydroxylation is 1. The first-order valence-electron chi connectivity index (χ1n) is 10.6. The monoisotopic (exact) mass is 477 g/mol. The van der Waals surface area contributed by atoms with Gasteiger partial charge in [0.15, 0.2) is 17.4 Å². The van der Waals surface area contributed by atoms with Crippen molar-refractivity contribution in [3.8, 4) is 5.75 Å². The molecule has 12 heteroatoms. The van der Waals surface area contributed by atoms with Crippen LogP contribution in [0, 0.1) is 11.7 Å². The molecule has 1 aliphatic heterocycles. The number of carbonyl (C=O) groups excluding carboxylic acids is 2. The predicted octanol–water partition coefficient (Wildman–Crippen LogP) is 1.68. The van der Waals surface area contributed by atoms with E-state index in [-0.39, 0.29) is 30.3 Å². The van der Waals surface area contributed by atoms with Crippen LogP contribution in [0.2, 0.25) is 0 Å². The number of aromatic nitrogens is 2. The summed E-state index contributed by atoms with van der Waals surface area (Å²) in [5, 5.41) is 9.79. The molecule has 3 amide bonds. The molecule has 10 nitrogen and oxygen atoms in total. The summed E-state index contributed by atoms with van der Waals surface area (Å²) < 4.78 is 47.4. The minimum absolute atomic E-state index is 0.116. The molecule has 33 heavy (non-hydrogen) atoms. The number of anilines is 1. The van der Waals surface area contributed by atoms with Gasteiger partial charge in [-0.3, -0.25) is 15.0 Å². The van der Waals surface area contributed by atoms with Gasteiger partial charge in [-0.15, -0.1) is 5.10 Å². The van der Waals surface area contributed by atoms with Crippen LogP contribution in [0.4, 0.5) is 15.0 Å². The zero-order chi connectivity index (χ0) is 23.6. The number of imide groups is 1. The minimum Gasteiger partial charge on any atom is -0.490 e. The largest absolute Gasteiger partial charge is 0.490 e. The lowest BCUT2D eigenvalue weighted by molar-refractivity contribution is -0.117. The normalized spacial score (nSPS) is 17.2. The second kappa shape index (κ2) is 9.40. The van der Waals surface area contributed by atoms with E-state index in [4.69, 9.17) is 4.74 Å². The van der Waals surface area contributed by atoms with Gasteiger partial charge in [0.25, 0.3) is 0 Å². The van der Waals surface area contributed by atoms with Crippen LogP contribution in [0.3, 0.4) is 0 Å². The molecule has 2 aromatic rings. The molecule has 0 unspecified atom stereocenters. The number of rotatable bonds is 10. The average Bonchev–Trinajstić information content (AvgIpc) is 3.53. The van der Waals surface area contributed by atoms with Crippen LogP contribution >= 0.6 is 0 Å². The third-order valence-corrected chi connectivity index (χ3v) is 6.86. The molecule has 176 valence electrons. The summed E-state index contributed by atoms with van der Waals surface area (Å²) in [4.78, 5) is 24.3. The summed E-state index contributed by atoms with van der Waals surface area (Å²) in [6, 6.07) is 4.64. The third kappa shape index (κ3) is 6.02. The number of hydrogen-bond donors (Lipinski definition) is 2. The summed E-state index contributed by atoms with van der Waals surface area (Å²) in [5.74, 6) is -0.420. The Morgan fingerprint density at radius 3 is 2.79 bits per heavy atom. The minimum atomic E-state index is -3.70. The number of amides is 3. The second-order valence-corrected chi connectivity index (χ2v) is 10.1. The molecule has 1 atom stereocenters. The molecule has 1 saturated carbocycles. The van der Waals surface area contributed by atoms with Gasteiger partial charge < -0.3 is 4.74 Å². The Morgan fingerprint density at radius 2 is 2.09 bits per heavy atom. The molecule has 2 N–H and O–H groups in total. The standard InChI is InChI=1S/C21H24FN5O5S/c1-13(16-4-5-17(22)18(9-16)32-12-14-2-3-14)26-33(30,31)7-6-15-8-19(25-23-10-15)27-11-20(28)24-21(27)29/h4-5,8-10,13-14,26H,2-3,6-7,11-12H2,1H3,(H,24,28,29)/t13-/m1/s1. The van der Waals surface area contributed by atoms with Gasteiger partial charge in [0.2, 0.25) is 15.9 Å². The van der Waals surface area contributed by atoms with Gasteiger partial charge in [0, 0.05) is 6.04 Å². The van der Waals surface area contributed by atoms with Crippen molar-refractivity contribution >= 4 is 27.8 Å². The number of hydrogen-bond acceptors (Lipinski definition) is 7. The van der Waals surface area contributed by atoms with Gasteiger partial charge >= 0.3 is 6.03 Å². The van der Waals surface area contributed by atoms with Crippen molar-refractivity contribution in [2.45, 2.75) is 32.2 Å². The number of sulfonamides is 1. The highest BCUT2D eigenvalue weighted by Gasteiger charge is 2.29. The fourth-order valence-corrected chi connectivity index (χ4v) is 4.63. The molecule has 2 aliphatic rings. The van der Waals surface area contributed by atoms with E-state index in [9.17, 15) is 22.4 Å². The summed E-state index contributed by atoms with van der Waals surface area (Å²) in [6.07, 6.45) is 3.68. The van der Waals surface area contributed by atoms with E-state index in [0.29, 0.717) is 23.7 Å². The van der Waals surface area contributed by atoms with Gasteiger partial charge in [0.1, 0.15) is 6.54 Å². The van der Waals surface area contributed by atoms with Crippen molar-refractivity contribution in [1.82, 2.24) is 20.2 Å². The van der Waals surface area contributed by atoms with Crippen molar-refractivity contribution in [2.24, 2.45) is 5.92 Å². The summed E-state index contributed by atoms with van der Waals surface area (Å²) in [7, 11) is -3.70. The lowest BCUT2D eigenvalue weighted by atomic mass is 10.1. The van der Waals surface area contributed by atoms with Crippen LogP contribution in [0.1, 0.15) is 36.9 Å². The second-order valence-electron chi connectivity index (χ2n) is 8.21. The number of ether oxygens (including phenoxy) is 1. The molecule has 1 aliphatic carbocycles. The maximum Gasteiger partial charge on any atom is 0.330 e. The predicted molar refractivity (Wildman–Crippen MR) is 117 cm³/mol. The highest BCUT2D eigenvalue weighted by Crippen LogP contribution is 2.31. The number of urea groups is 1. The van der Waals surface area contributed by atoms with E-state index in [0.717, 1.165) is 17.7 Å². The molecular formula is C21H24FN5O5S. The zero-order valence-electron chi connectivity index (χ0n) is 18.0. The molecule has 1 saturated heterocycles. The number of nitrogens with zero attached hydrogens (tertiary/aromatic N) is 3. The smallest absolute Gasteiger partial charge is 0.330 e. The fourth-order valence-electron chi connectivity index (χ4n) is 3.33. The Balaban J connectivity index is 1.36. The SMILES string of the molecule is C[C@@H](NS(=O)(=O)CCc1cnnc(N2CC(=O)NC2=O)c1)c1ccc(F)c(OCC2CC2)c1. The Bertz CT molecular complexity index is 1170. The van der Waals surface area contributed by atoms with Crippen LogP contribution in [0.5, 0.6) is 5.75 Å². The zero-order valence-corrected chi connectivity index (χ0v) is 18.8. The Labute approximate surface area is 190 Å². The van der Waals surface area contributed by atoms with Crippen molar-refractivity contribution in [3.05, 3.63) is 47.4 Å². The first-order chi connectivity index (χ1) is 15.7. The summed E-state index contributed by atoms with van der Waals surface area (Å²) in [6.45, 7) is 1.96. The van der Waals surface area contributed by atoms with Crippen LogP contribution < -0.4 is 19.7 Å². The molecule has 2 heterocycles. The molecule has 4 rings (SSSR count). The lowest BCUT2D eigenvalue weighted by Crippen LogP contribution is -2.30. The van der Waals surface area contributed by atoms with Crippen LogP contribution in [-0.2, 0) is 21.2 Å². The highest BCUT2D eigenvalue weighted by atomic mass is 32.2. The molecule has 2 fully saturated rings.